The fourth-order valence-corrected chi connectivity index (χ4v) is 4.23. The molecule has 9 heteroatoms. The Bertz CT molecular complexity index is 1220. The molecule has 0 saturated heterocycles. The van der Waals surface area contributed by atoms with Crippen molar-refractivity contribution in [3.8, 4) is 5.75 Å². The van der Waals surface area contributed by atoms with Crippen LogP contribution in [0.3, 0.4) is 0 Å². The maximum Gasteiger partial charge on any atom is 0.387 e. The second-order valence-corrected chi connectivity index (χ2v) is 9.20. The van der Waals surface area contributed by atoms with Crippen molar-refractivity contribution in [3.05, 3.63) is 95.1 Å². The Kier molecular flexibility index (Phi) is 7.78. The zero-order valence-corrected chi connectivity index (χ0v) is 18.9. The number of hydrogen-bond donors (Lipinski definition) is 2. The van der Waals surface area contributed by atoms with E-state index in [4.69, 9.17) is 0 Å². The maximum absolute atomic E-state index is 12.9. The van der Waals surface area contributed by atoms with E-state index in [0.29, 0.717) is 11.1 Å². The Labute approximate surface area is 191 Å². The minimum atomic E-state index is -3.85. The number of carbonyl (C=O) groups is 1. The predicted molar refractivity (Wildman–Crippen MR) is 121 cm³/mol. The summed E-state index contributed by atoms with van der Waals surface area (Å²) in [7, 11) is -3.85. The molecule has 0 aliphatic rings. The number of rotatable bonds is 9. The van der Waals surface area contributed by atoms with Crippen LogP contribution in [0.5, 0.6) is 5.75 Å². The van der Waals surface area contributed by atoms with Crippen LogP contribution in [0.2, 0.25) is 0 Å². The summed E-state index contributed by atoms with van der Waals surface area (Å²) in [4.78, 5) is 12.9. The molecule has 6 nitrogen and oxygen atoms in total. The number of ether oxygens (including phenoxy) is 1. The standard InChI is InChI=1S/C24H24F2N2O4S/c1-16-11-12-21(33(30,31)27-15-18-7-4-3-5-8-18)14-22(16)23(29)28-17(2)19-9-6-10-20(13-19)32-24(25)26/h3-14,17,24,27H,15H2,1-2H3,(H,28,29). The van der Waals surface area contributed by atoms with Crippen LogP contribution in [0.1, 0.15) is 40.0 Å². The van der Waals surface area contributed by atoms with Crippen molar-refractivity contribution in [1.29, 1.82) is 0 Å². The summed E-state index contributed by atoms with van der Waals surface area (Å²) < 4.78 is 57.4. The van der Waals surface area contributed by atoms with Gasteiger partial charge in [-0.1, -0.05) is 48.5 Å². The minimum absolute atomic E-state index is 0.0163. The van der Waals surface area contributed by atoms with Gasteiger partial charge >= 0.3 is 6.61 Å². The lowest BCUT2D eigenvalue weighted by Gasteiger charge is -2.17. The zero-order chi connectivity index (χ0) is 24.0. The lowest BCUT2D eigenvalue weighted by Crippen LogP contribution is -2.28. The molecule has 3 aromatic carbocycles. The highest BCUT2D eigenvalue weighted by Crippen LogP contribution is 2.22. The highest BCUT2D eigenvalue weighted by Gasteiger charge is 2.19. The highest BCUT2D eigenvalue weighted by molar-refractivity contribution is 7.89. The summed E-state index contributed by atoms with van der Waals surface area (Å²) >= 11 is 0. The number of sulfonamides is 1. The molecular formula is C24H24F2N2O4S. The summed E-state index contributed by atoms with van der Waals surface area (Å²) in [6.07, 6.45) is 0. The molecule has 3 rings (SSSR count). The van der Waals surface area contributed by atoms with E-state index in [-0.39, 0.29) is 22.8 Å². The van der Waals surface area contributed by atoms with Gasteiger partial charge < -0.3 is 10.1 Å². The zero-order valence-electron chi connectivity index (χ0n) is 18.1. The second-order valence-electron chi connectivity index (χ2n) is 7.43. The largest absolute Gasteiger partial charge is 0.435 e. The Balaban J connectivity index is 1.75. The van der Waals surface area contributed by atoms with Gasteiger partial charge in [0.25, 0.3) is 5.91 Å². The topological polar surface area (TPSA) is 84.5 Å². The van der Waals surface area contributed by atoms with E-state index >= 15 is 0 Å². The van der Waals surface area contributed by atoms with E-state index in [0.717, 1.165) is 5.56 Å². The van der Waals surface area contributed by atoms with Crippen LogP contribution >= 0.6 is 0 Å². The van der Waals surface area contributed by atoms with Crippen molar-refractivity contribution in [3.63, 3.8) is 0 Å². The molecule has 1 unspecified atom stereocenters. The van der Waals surface area contributed by atoms with Crippen molar-refractivity contribution in [1.82, 2.24) is 10.0 Å². The van der Waals surface area contributed by atoms with Gasteiger partial charge in [-0.3, -0.25) is 4.79 Å². The number of carbonyl (C=O) groups excluding carboxylic acids is 1. The molecule has 0 aliphatic carbocycles. The van der Waals surface area contributed by atoms with Crippen molar-refractivity contribution in [2.24, 2.45) is 0 Å². The monoisotopic (exact) mass is 474 g/mol. The molecule has 0 radical (unpaired) electrons. The Hall–Kier alpha value is -3.30. The molecule has 0 spiro atoms. The van der Waals surface area contributed by atoms with Crippen molar-refractivity contribution in [2.75, 3.05) is 0 Å². The molecule has 0 fully saturated rings. The molecule has 174 valence electrons. The van der Waals surface area contributed by atoms with Crippen molar-refractivity contribution >= 4 is 15.9 Å². The van der Waals surface area contributed by atoms with E-state index in [9.17, 15) is 22.0 Å². The number of amides is 1. The van der Waals surface area contributed by atoms with Crippen LogP contribution in [0.25, 0.3) is 0 Å². The van der Waals surface area contributed by atoms with E-state index in [1.807, 2.05) is 18.2 Å². The third-order valence-electron chi connectivity index (χ3n) is 5.00. The smallest absolute Gasteiger partial charge is 0.387 e. The van der Waals surface area contributed by atoms with Gasteiger partial charge in [-0.25, -0.2) is 13.1 Å². The number of benzene rings is 3. The first-order chi connectivity index (χ1) is 15.7. The van der Waals surface area contributed by atoms with Gasteiger partial charge in [-0.05, 0) is 54.8 Å². The average Bonchev–Trinajstić information content (AvgIpc) is 2.78. The molecule has 0 heterocycles. The lowest BCUT2D eigenvalue weighted by atomic mass is 10.1. The van der Waals surface area contributed by atoms with Crippen LogP contribution in [0, 0.1) is 6.92 Å². The first kappa shape index (κ1) is 24.3. The summed E-state index contributed by atoms with van der Waals surface area (Å²) in [6.45, 7) is 0.557. The van der Waals surface area contributed by atoms with E-state index < -0.39 is 28.6 Å². The van der Waals surface area contributed by atoms with Crippen LogP contribution in [-0.4, -0.2) is 20.9 Å². The molecular weight excluding hydrogens is 450 g/mol. The number of nitrogens with one attached hydrogen (secondary N) is 2. The summed E-state index contributed by atoms with van der Waals surface area (Å²) in [6, 6.07) is 18.9. The van der Waals surface area contributed by atoms with Crippen LogP contribution in [0.15, 0.2) is 77.7 Å². The van der Waals surface area contributed by atoms with Gasteiger partial charge in [-0.15, -0.1) is 0 Å². The number of hydrogen-bond acceptors (Lipinski definition) is 4. The molecule has 0 aliphatic heterocycles. The van der Waals surface area contributed by atoms with Gasteiger partial charge in [0, 0.05) is 12.1 Å². The summed E-state index contributed by atoms with van der Waals surface area (Å²) in [5.74, 6) is -0.502. The van der Waals surface area contributed by atoms with E-state index in [2.05, 4.69) is 14.8 Å². The number of alkyl halides is 2. The molecule has 2 N–H and O–H groups in total. The van der Waals surface area contributed by atoms with Crippen molar-refractivity contribution < 1.29 is 26.7 Å². The lowest BCUT2D eigenvalue weighted by molar-refractivity contribution is -0.0499. The first-order valence-electron chi connectivity index (χ1n) is 10.2. The third kappa shape index (κ3) is 6.59. The Morgan fingerprint density at radius 2 is 1.73 bits per heavy atom. The Morgan fingerprint density at radius 3 is 2.42 bits per heavy atom. The quantitative estimate of drug-likeness (QED) is 0.476. The number of aryl methyl sites for hydroxylation is 1. The molecule has 0 aromatic heterocycles. The summed E-state index contributed by atoms with van der Waals surface area (Å²) in [5.41, 5.74) is 2.16. The molecule has 33 heavy (non-hydrogen) atoms. The van der Waals surface area contributed by atoms with Gasteiger partial charge in [0.15, 0.2) is 0 Å². The van der Waals surface area contributed by atoms with Gasteiger partial charge in [0.2, 0.25) is 10.0 Å². The molecule has 0 bridgehead atoms. The molecule has 0 saturated carbocycles. The normalized spacial score (nSPS) is 12.4. The van der Waals surface area contributed by atoms with Gasteiger partial charge in [0.05, 0.1) is 10.9 Å². The second kappa shape index (κ2) is 10.5. The van der Waals surface area contributed by atoms with Crippen LogP contribution < -0.4 is 14.8 Å². The molecule has 1 atom stereocenters. The Morgan fingerprint density at radius 1 is 1.00 bits per heavy atom. The van der Waals surface area contributed by atoms with Gasteiger partial charge in [-0.2, -0.15) is 8.78 Å². The maximum atomic E-state index is 12.9. The summed E-state index contributed by atoms with van der Waals surface area (Å²) in [5, 5.41) is 2.77. The van der Waals surface area contributed by atoms with E-state index in [1.165, 1.54) is 24.3 Å². The van der Waals surface area contributed by atoms with Crippen molar-refractivity contribution in [2.45, 2.75) is 37.9 Å². The first-order valence-corrected chi connectivity index (χ1v) is 11.6. The van der Waals surface area contributed by atoms with Crippen LogP contribution in [-0.2, 0) is 16.6 Å². The number of halogens is 2. The fourth-order valence-electron chi connectivity index (χ4n) is 3.19. The molecule has 3 aromatic rings. The third-order valence-corrected chi connectivity index (χ3v) is 6.40. The average molecular weight is 475 g/mol. The minimum Gasteiger partial charge on any atom is -0.435 e. The predicted octanol–water partition coefficient (Wildman–Crippen LogP) is 4.57. The SMILES string of the molecule is Cc1ccc(S(=O)(=O)NCc2ccccc2)cc1C(=O)NC(C)c1cccc(OC(F)F)c1. The molecule has 1 amide bonds. The highest BCUT2D eigenvalue weighted by atomic mass is 32.2. The van der Waals surface area contributed by atoms with Crippen LogP contribution in [0.4, 0.5) is 8.78 Å². The fraction of sp³-hybridized carbons (Fsp3) is 0.208. The van der Waals surface area contributed by atoms with Gasteiger partial charge in [0.1, 0.15) is 5.75 Å². The van der Waals surface area contributed by atoms with E-state index in [1.54, 1.807) is 44.2 Å².